The van der Waals surface area contributed by atoms with Crippen LogP contribution in [0.1, 0.15) is 43.9 Å². The maximum absolute atomic E-state index is 14.9. The summed E-state index contributed by atoms with van der Waals surface area (Å²) in [5.41, 5.74) is 0.687. The van der Waals surface area contributed by atoms with Gasteiger partial charge in [0.1, 0.15) is 17.0 Å². The zero-order valence-corrected chi connectivity index (χ0v) is 23.2. The number of carbonyl (C=O) groups is 1. The van der Waals surface area contributed by atoms with Crippen LogP contribution in [0.15, 0.2) is 56.8 Å². The van der Waals surface area contributed by atoms with Gasteiger partial charge < -0.3 is 10.6 Å². The van der Waals surface area contributed by atoms with Crippen molar-refractivity contribution in [3.63, 3.8) is 0 Å². The fraction of sp³-hybridized carbons (Fsp3) is 0.333. The molecule has 2 N–H and O–H groups in total. The molecular formula is C30H32FN5O4. The van der Waals surface area contributed by atoms with Gasteiger partial charge in [-0.15, -0.1) is 0 Å². The molecule has 2 aromatic heterocycles. The standard InChI is InChI=1S/C30H32FN5O4/c1-16(2)24(37)15-32-19-7-6-8-21(14-19)35-26-18(4)28(38)34(5)27(33-23-12-9-17(3)13-22(23)31)25(26)29(39)36(30(35)40)20-10-11-20/h6-9,12-14,16,20,32-33H,10-11,15H2,1-5H3. The summed E-state index contributed by atoms with van der Waals surface area (Å²) in [6.07, 6.45) is 1.36. The second-order valence-electron chi connectivity index (χ2n) is 10.7. The van der Waals surface area contributed by atoms with Gasteiger partial charge in [-0.2, -0.15) is 0 Å². The predicted molar refractivity (Wildman–Crippen MR) is 155 cm³/mol. The molecule has 0 spiro atoms. The highest BCUT2D eigenvalue weighted by atomic mass is 19.1. The van der Waals surface area contributed by atoms with Gasteiger partial charge in [0.2, 0.25) is 0 Å². The molecular weight excluding hydrogens is 513 g/mol. The lowest BCUT2D eigenvalue weighted by Crippen LogP contribution is -2.41. The number of nitrogens with zero attached hydrogens (tertiary/aromatic N) is 3. The molecule has 4 aromatic rings. The van der Waals surface area contributed by atoms with Crippen molar-refractivity contribution in [1.82, 2.24) is 13.7 Å². The van der Waals surface area contributed by atoms with E-state index in [9.17, 15) is 23.6 Å². The van der Waals surface area contributed by atoms with Crippen LogP contribution >= 0.6 is 0 Å². The van der Waals surface area contributed by atoms with E-state index in [-0.39, 0.29) is 52.3 Å². The molecule has 2 aromatic carbocycles. The van der Waals surface area contributed by atoms with Crippen molar-refractivity contribution in [2.75, 3.05) is 17.2 Å². The maximum atomic E-state index is 14.9. The van der Waals surface area contributed by atoms with Crippen molar-refractivity contribution >= 4 is 33.9 Å². The van der Waals surface area contributed by atoms with Crippen LogP contribution in [-0.2, 0) is 11.8 Å². The maximum Gasteiger partial charge on any atom is 0.336 e. The van der Waals surface area contributed by atoms with E-state index in [0.29, 0.717) is 24.2 Å². The summed E-state index contributed by atoms with van der Waals surface area (Å²) in [7, 11) is 1.51. The molecule has 2 heterocycles. The summed E-state index contributed by atoms with van der Waals surface area (Å²) in [5.74, 6) is -0.536. The van der Waals surface area contributed by atoms with Gasteiger partial charge in [0.05, 0.1) is 23.4 Å². The lowest BCUT2D eigenvalue weighted by atomic mass is 10.1. The molecule has 0 aliphatic heterocycles. The van der Waals surface area contributed by atoms with E-state index >= 15 is 0 Å². The Bertz CT molecular complexity index is 1850. The number of carbonyl (C=O) groups excluding carboxylic acids is 1. The van der Waals surface area contributed by atoms with Gasteiger partial charge in [-0.1, -0.05) is 26.0 Å². The number of hydrogen-bond acceptors (Lipinski definition) is 6. The highest BCUT2D eigenvalue weighted by Crippen LogP contribution is 2.34. The first-order valence-corrected chi connectivity index (χ1v) is 13.3. The zero-order chi connectivity index (χ0) is 28.9. The van der Waals surface area contributed by atoms with Crippen LogP contribution in [-0.4, -0.2) is 26.0 Å². The van der Waals surface area contributed by atoms with E-state index < -0.39 is 22.6 Å². The average Bonchev–Trinajstić information content (AvgIpc) is 3.75. The number of rotatable bonds is 8. The molecule has 0 unspecified atom stereocenters. The quantitative estimate of drug-likeness (QED) is 0.342. The number of Topliss-reactive ketones (excluding diaryl/α,β-unsaturated/α-hetero) is 1. The van der Waals surface area contributed by atoms with Gasteiger partial charge in [0.25, 0.3) is 11.1 Å². The van der Waals surface area contributed by atoms with E-state index in [1.165, 1.54) is 26.8 Å². The number of halogens is 1. The largest absolute Gasteiger partial charge is 0.378 e. The van der Waals surface area contributed by atoms with Gasteiger partial charge in [-0.05, 0) is 62.6 Å². The molecule has 9 nitrogen and oxygen atoms in total. The number of benzene rings is 2. The Morgan fingerprint density at radius 2 is 1.77 bits per heavy atom. The van der Waals surface area contributed by atoms with Crippen molar-refractivity contribution in [2.45, 2.75) is 46.6 Å². The molecule has 0 radical (unpaired) electrons. The number of aromatic nitrogens is 3. The summed E-state index contributed by atoms with van der Waals surface area (Å²) in [5, 5.41) is 6.18. The molecule has 0 saturated heterocycles. The van der Waals surface area contributed by atoms with Crippen LogP contribution in [0.4, 0.5) is 21.6 Å². The summed E-state index contributed by atoms with van der Waals surface area (Å²) in [4.78, 5) is 53.5. The molecule has 10 heteroatoms. The Morgan fingerprint density at radius 1 is 1.05 bits per heavy atom. The molecule has 1 aliphatic rings. The van der Waals surface area contributed by atoms with Crippen LogP contribution in [0.3, 0.4) is 0 Å². The molecule has 40 heavy (non-hydrogen) atoms. The first-order valence-electron chi connectivity index (χ1n) is 13.3. The van der Waals surface area contributed by atoms with Crippen molar-refractivity contribution in [2.24, 2.45) is 13.0 Å². The normalized spacial score (nSPS) is 13.2. The molecule has 0 atom stereocenters. The van der Waals surface area contributed by atoms with E-state index in [1.807, 2.05) is 13.8 Å². The lowest BCUT2D eigenvalue weighted by Gasteiger charge is -2.21. The predicted octanol–water partition coefficient (Wildman–Crippen LogP) is 4.32. The monoisotopic (exact) mass is 545 g/mol. The number of aryl methyl sites for hydroxylation is 2. The highest BCUT2D eigenvalue weighted by molar-refractivity contribution is 5.94. The summed E-state index contributed by atoms with van der Waals surface area (Å²) in [6, 6.07) is 11.3. The first-order chi connectivity index (χ1) is 19.0. The summed E-state index contributed by atoms with van der Waals surface area (Å²) >= 11 is 0. The Morgan fingerprint density at radius 3 is 2.42 bits per heavy atom. The second-order valence-corrected chi connectivity index (χ2v) is 10.7. The third-order valence-corrected chi connectivity index (χ3v) is 7.35. The number of hydrogen-bond donors (Lipinski definition) is 2. The molecule has 0 bridgehead atoms. The van der Waals surface area contributed by atoms with Crippen LogP contribution in [0.5, 0.6) is 0 Å². The third-order valence-electron chi connectivity index (χ3n) is 7.35. The fourth-order valence-corrected chi connectivity index (χ4v) is 4.85. The third kappa shape index (κ3) is 4.74. The lowest BCUT2D eigenvalue weighted by molar-refractivity contribution is -0.120. The van der Waals surface area contributed by atoms with Crippen molar-refractivity contribution < 1.29 is 9.18 Å². The van der Waals surface area contributed by atoms with Crippen LogP contribution < -0.4 is 27.4 Å². The van der Waals surface area contributed by atoms with E-state index in [2.05, 4.69) is 10.6 Å². The van der Waals surface area contributed by atoms with Crippen molar-refractivity contribution in [1.29, 1.82) is 0 Å². The van der Waals surface area contributed by atoms with E-state index in [1.54, 1.807) is 50.2 Å². The molecule has 208 valence electrons. The van der Waals surface area contributed by atoms with E-state index in [0.717, 1.165) is 5.56 Å². The molecule has 1 saturated carbocycles. The SMILES string of the molecule is Cc1ccc(Nc2c3c(=O)n(C4CC4)c(=O)n(-c4cccc(NCC(=O)C(C)C)c4)c3c(C)c(=O)n2C)c(F)c1. The fourth-order valence-electron chi connectivity index (χ4n) is 4.85. The molecule has 1 aliphatic carbocycles. The zero-order valence-electron chi connectivity index (χ0n) is 23.2. The van der Waals surface area contributed by atoms with E-state index in [4.69, 9.17) is 0 Å². The van der Waals surface area contributed by atoms with Crippen LogP contribution in [0.2, 0.25) is 0 Å². The minimum absolute atomic E-state index is 0.0358. The van der Waals surface area contributed by atoms with Crippen molar-refractivity contribution in [3.05, 3.63) is 90.6 Å². The molecule has 1 fully saturated rings. The summed E-state index contributed by atoms with van der Waals surface area (Å²) < 4.78 is 18.8. The highest BCUT2D eigenvalue weighted by Gasteiger charge is 2.31. The number of nitrogens with one attached hydrogen (secondary N) is 2. The topological polar surface area (TPSA) is 107 Å². The van der Waals surface area contributed by atoms with Gasteiger partial charge >= 0.3 is 5.69 Å². The number of pyridine rings is 1. The smallest absolute Gasteiger partial charge is 0.336 e. The summed E-state index contributed by atoms with van der Waals surface area (Å²) in [6.45, 7) is 7.10. The second kappa shape index (κ2) is 10.3. The minimum Gasteiger partial charge on any atom is -0.378 e. The number of ketones is 1. The first kappa shape index (κ1) is 27.1. The van der Waals surface area contributed by atoms with Crippen LogP contribution in [0.25, 0.3) is 16.6 Å². The average molecular weight is 546 g/mol. The Kier molecular flexibility index (Phi) is 6.95. The number of anilines is 3. The Hall–Kier alpha value is -4.47. The Balaban J connectivity index is 1.80. The van der Waals surface area contributed by atoms with Gasteiger partial charge in [0, 0.05) is 30.3 Å². The van der Waals surface area contributed by atoms with Crippen LogP contribution in [0, 0.1) is 25.6 Å². The molecule has 0 amide bonds. The number of fused-ring (bicyclic) bond motifs is 1. The Labute approximate surface area is 229 Å². The van der Waals surface area contributed by atoms with Crippen molar-refractivity contribution in [3.8, 4) is 5.69 Å². The van der Waals surface area contributed by atoms with Gasteiger partial charge in [0.15, 0.2) is 5.78 Å². The van der Waals surface area contributed by atoms with Gasteiger partial charge in [-0.25, -0.2) is 9.18 Å². The molecule has 5 rings (SSSR count). The minimum atomic E-state index is -0.556. The van der Waals surface area contributed by atoms with Gasteiger partial charge in [-0.3, -0.25) is 28.1 Å².